The van der Waals surface area contributed by atoms with Crippen molar-refractivity contribution in [2.45, 2.75) is 25.8 Å². The molecule has 0 saturated carbocycles. The lowest BCUT2D eigenvalue weighted by atomic mass is 10.00. The Balaban J connectivity index is 2.14. The third-order valence-electron chi connectivity index (χ3n) is 3.09. The fourth-order valence-corrected chi connectivity index (χ4v) is 2.01. The average molecular weight is 235 g/mol. The molecule has 4 heteroatoms. The molecule has 1 aromatic carbocycles. The number of phenolic OH excluding ortho intramolecular Hbond substituents is 1. The summed E-state index contributed by atoms with van der Waals surface area (Å²) in [4.78, 5) is 12.1. The quantitative estimate of drug-likeness (QED) is 0.818. The Morgan fingerprint density at radius 1 is 1.53 bits per heavy atom. The number of carbonyl (C=O) groups is 1. The van der Waals surface area contributed by atoms with E-state index in [-0.39, 0.29) is 17.2 Å². The van der Waals surface area contributed by atoms with Gasteiger partial charge in [0.25, 0.3) is 5.91 Å². The molecule has 17 heavy (non-hydrogen) atoms. The lowest BCUT2D eigenvalue weighted by Gasteiger charge is -2.24. The SMILES string of the molecule is Cc1cc(O)ccc1C(=O)NC1(C)CCOC1. The molecule has 4 nitrogen and oxygen atoms in total. The molecular formula is C13H17NO3. The van der Waals surface area contributed by atoms with E-state index < -0.39 is 0 Å². The van der Waals surface area contributed by atoms with E-state index >= 15 is 0 Å². The van der Waals surface area contributed by atoms with Crippen LogP contribution in [0.5, 0.6) is 5.75 Å². The molecule has 0 spiro atoms. The van der Waals surface area contributed by atoms with Gasteiger partial charge in [-0.15, -0.1) is 0 Å². The molecular weight excluding hydrogens is 218 g/mol. The maximum Gasteiger partial charge on any atom is 0.252 e. The number of nitrogens with one attached hydrogen (secondary N) is 1. The van der Waals surface area contributed by atoms with Gasteiger partial charge >= 0.3 is 0 Å². The number of hydrogen-bond donors (Lipinski definition) is 2. The Hall–Kier alpha value is -1.55. The zero-order valence-corrected chi connectivity index (χ0v) is 10.1. The van der Waals surface area contributed by atoms with Crippen molar-refractivity contribution < 1.29 is 14.6 Å². The van der Waals surface area contributed by atoms with E-state index in [4.69, 9.17) is 4.74 Å². The van der Waals surface area contributed by atoms with E-state index in [0.717, 1.165) is 12.0 Å². The maximum atomic E-state index is 12.1. The van der Waals surface area contributed by atoms with E-state index in [1.807, 2.05) is 13.8 Å². The number of aryl methyl sites for hydroxylation is 1. The van der Waals surface area contributed by atoms with Crippen LogP contribution in [0.4, 0.5) is 0 Å². The second kappa shape index (κ2) is 4.37. The standard InChI is InChI=1S/C13H17NO3/c1-9-7-10(15)3-4-11(9)12(16)14-13(2)5-6-17-8-13/h3-4,7,15H,5-6,8H2,1-2H3,(H,14,16). The molecule has 1 aliphatic rings. The van der Waals surface area contributed by atoms with Crippen LogP contribution in [0.3, 0.4) is 0 Å². The molecule has 0 aromatic heterocycles. The second-order valence-corrected chi connectivity index (χ2v) is 4.82. The number of rotatable bonds is 2. The summed E-state index contributed by atoms with van der Waals surface area (Å²) in [5, 5.41) is 12.3. The van der Waals surface area contributed by atoms with Crippen molar-refractivity contribution in [2.75, 3.05) is 13.2 Å². The number of carbonyl (C=O) groups excluding carboxylic acids is 1. The molecule has 1 atom stereocenters. The lowest BCUT2D eigenvalue weighted by molar-refractivity contribution is 0.0889. The number of amides is 1. The minimum atomic E-state index is -0.276. The summed E-state index contributed by atoms with van der Waals surface area (Å²) in [5.74, 6) is 0.0601. The Bertz CT molecular complexity index is 436. The van der Waals surface area contributed by atoms with Gasteiger partial charge in [-0.1, -0.05) is 0 Å². The molecule has 1 aromatic rings. The Kier molecular flexibility index (Phi) is 3.07. The first kappa shape index (κ1) is 11.9. The largest absolute Gasteiger partial charge is 0.508 e. The van der Waals surface area contributed by atoms with Crippen molar-refractivity contribution in [3.63, 3.8) is 0 Å². The monoisotopic (exact) mass is 235 g/mol. The molecule has 1 unspecified atom stereocenters. The summed E-state index contributed by atoms with van der Waals surface area (Å²) in [6.45, 7) is 5.02. The van der Waals surface area contributed by atoms with Crippen LogP contribution in [-0.4, -0.2) is 29.8 Å². The number of benzene rings is 1. The van der Waals surface area contributed by atoms with Crippen LogP contribution in [0.2, 0.25) is 0 Å². The molecule has 0 aliphatic carbocycles. The average Bonchev–Trinajstić information content (AvgIpc) is 2.64. The first-order valence-electron chi connectivity index (χ1n) is 5.70. The second-order valence-electron chi connectivity index (χ2n) is 4.82. The first-order chi connectivity index (χ1) is 8.00. The molecule has 2 rings (SSSR count). The highest BCUT2D eigenvalue weighted by Crippen LogP contribution is 2.20. The summed E-state index contributed by atoms with van der Waals surface area (Å²) in [6, 6.07) is 4.75. The van der Waals surface area contributed by atoms with E-state index in [0.29, 0.717) is 18.8 Å². The van der Waals surface area contributed by atoms with Crippen LogP contribution >= 0.6 is 0 Å². The minimum absolute atomic E-state index is 0.115. The van der Waals surface area contributed by atoms with E-state index in [1.54, 1.807) is 12.1 Å². The Morgan fingerprint density at radius 3 is 2.88 bits per heavy atom. The summed E-state index contributed by atoms with van der Waals surface area (Å²) >= 11 is 0. The van der Waals surface area contributed by atoms with Gasteiger partial charge in [0.1, 0.15) is 5.75 Å². The Labute approximate surface area is 101 Å². The summed E-state index contributed by atoms with van der Waals surface area (Å²) in [7, 11) is 0. The normalized spacial score (nSPS) is 23.6. The van der Waals surface area contributed by atoms with Gasteiger partial charge in [0, 0.05) is 12.2 Å². The van der Waals surface area contributed by atoms with Gasteiger partial charge < -0.3 is 15.2 Å². The molecule has 92 valence electrons. The molecule has 1 saturated heterocycles. The highest BCUT2D eigenvalue weighted by molar-refractivity contribution is 5.96. The Morgan fingerprint density at radius 2 is 2.29 bits per heavy atom. The third kappa shape index (κ3) is 2.58. The fourth-order valence-electron chi connectivity index (χ4n) is 2.01. The molecule has 2 N–H and O–H groups in total. The van der Waals surface area contributed by atoms with Crippen molar-refractivity contribution in [3.8, 4) is 5.75 Å². The van der Waals surface area contributed by atoms with Gasteiger partial charge in [0.05, 0.1) is 12.1 Å². The molecule has 0 bridgehead atoms. The number of hydrogen-bond acceptors (Lipinski definition) is 3. The topological polar surface area (TPSA) is 58.6 Å². The highest BCUT2D eigenvalue weighted by atomic mass is 16.5. The van der Waals surface area contributed by atoms with Crippen LogP contribution in [0.15, 0.2) is 18.2 Å². The van der Waals surface area contributed by atoms with Crippen LogP contribution in [-0.2, 0) is 4.74 Å². The van der Waals surface area contributed by atoms with E-state index in [2.05, 4.69) is 5.32 Å². The van der Waals surface area contributed by atoms with Gasteiger partial charge in [-0.05, 0) is 44.0 Å². The third-order valence-corrected chi connectivity index (χ3v) is 3.09. The number of ether oxygens (including phenoxy) is 1. The highest BCUT2D eigenvalue weighted by Gasteiger charge is 2.31. The summed E-state index contributed by atoms with van der Waals surface area (Å²) < 4.78 is 5.29. The van der Waals surface area contributed by atoms with Crippen LogP contribution in [0.1, 0.15) is 29.3 Å². The first-order valence-corrected chi connectivity index (χ1v) is 5.70. The van der Waals surface area contributed by atoms with Crippen molar-refractivity contribution in [2.24, 2.45) is 0 Å². The van der Waals surface area contributed by atoms with Crippen LogP contribution in [0.25, 0.3) is 0 Å². The van der Waals surface area contributed by atoms with Gasteiger partial charge in [0.2, 0.25) is 0 Å². The summed E-state index contributed by atoms with van der Waals surface area (Å²) in [5.41, 5.74) is 1.09. The maximum absolute atomic E-state index is 12.1. The molecule has 0 radical (unpaired) electrons. The van der Waals surface area contributed by atoms with Gasteiger partial charge in [-0.25, -0.2) is 0 Å². The number of aromatic hydroxyl groups is 1. The number of phenols is 1. The van der Waals surface area contributed by atoms with Crippen LogP contribution in [0, 0.1) is 6.92 Å². The van der Waals surface area contributed by atoms with E-state index in [1.165, 1.54) is 6.07 Å². The smallest absolute Gasteiger partial charge is 0.252 e. The molecule has 1 amide bonds. The van der Waals surface area contributed by atoms with Crippen molar-refractivity contribution in [3.05, 3.63) is 29.3 Å². The van der Waals surface area contributed by atoms with Crippen molar-refractivity contribution in [1.29, 1.82) is 0 Å². The van der Waals surface area contributed by atoms with Crippen molar-refractivity contribution >= 4 is 5.91 Å². The fraction of sp³-hybridized carbons (Fsp3) is 0.462. The molecule has 1 heterocycles. The van der Waals surface area contributed by atoms with E-state index in [9.17, 15) is 9.90 Å². The van der Waals surface area contributed by atoms with Crippen molar-refractivity contribution in [1.82, 2.24) is 5.32 Å². The van der Waals surface area contributed by atoms with Gasteiger partial charge in [0.15, 0.2) is 0 Å². The molecule has 1 fully saturated rings. The zero-order chi connectivity index (χ0) is 12.5. The van der Waals surface area contributed by atoms with Gasteiger partial charge in [-0.2, -0.15) is 0 Å². The van der Waals surface area contributed by atoms with Gasteiger partial charge in [-0.3, -0.25) is 4.79 Å². The lowest BCUT2D eigenvalue weighted by Crippen LogP contribution is -2.46. The zero-order valence-electron chi connectivity index (χ0n) is 10.1. The predicted octanol–water partition coefficient (Wildman–Crippen LogP) is 1.61. The minimum Gasteiger partial charge on any atom is -0.508 e. The molecule has 1 aliphatic heterocycles. The predicted molar refractivity (Wildman–Crippen MR) is 64.2 cm³/mol. The summed E-state index contributed by atoms with van der Waals surface area (Å²) in [6.07, 6.45) is 0.829. The van der Waals surface area contributed by atoms with Crippen LogP contribution < -0.4 is 5.32 Å².